The Bertz CT molecular complexity index is 943. The van der Waals surface area contributed by atoms with E-state index < -0.39 is 47.9 Å². The summed E-state index contributed by atoms with van der Waals surface area (Å²) < 4.78 is 0. The van der Waals surface area contributed by atoms with Gasteiger partial charge in [0, 0.05) is 13.3 Å². The summed E-state index contributed by atoms with van der Waals surface area (Å²) in [7, 11) is 0. The number of carboxylic acids is 1. The molecule has 0 fully saturated rings. The number of hydrogen-bond donors (Lipinski definition) is 5. The lowest BCUT2D eigenvalue weighted by Crippen LogP contribution is -2.58. The van der Waals surface area contributed by atoms with Crippen molar-refractivity contribution >= 4 is 41.4 Å². The molecule has 0 heterocycles. The Morgan fingerprint density at radius 1 is 0.821 bits per heavy atom. The lowest BCUT2D eigenvalue weighted by Gasteiger charge is -2.26. The largest absolute Gasteiger partial charge is 0.480 e. The second kappa shape index (κ2) is 18.3. The number of nitrogens with one attached hydrogen (secondary N) is 4. The molecule has 11 heteroatoms. The molecule has 0 unspecified atom stereocenters. The highest BCUT2D eigenvalue weighted by atomic mass is 32.2. The fraction of sp³-hybridized carbons (Fsp3) is 0.607. The molecule has 1 aromatic carbocycles. The summed E-state index contributed by atoms with van der Waals surface area (Å²) in [5, 5.41) is 20.4. The van der Waals surface area contributed by atoms with Crippen molar-refractivity contribution in [2.24, 2.45) is 5.92 Å². The van der Waals surface area contributed by atoms with Crippen LogP contribution in [0.25, 0.3) is 0 Å². The standard InChI is InChI=1S/C28H44N4O6S/c1-6-7-13-21(30-26(35)22(14-15-39-5)29-19(4)33)25(34)31-23(16-18(2)3)27(36)32-24(28(37)38)17-20-11-9-8-10-12-20/h8-12,18,21-24H,6-7,13-17H2,1-5H3,(H,29,33)(H,30,35)(H,31,34)(H,32,36)(H,37,38)/t21-,22-,23-,24-/m0/s1. The van der Waals surface area contributed by atoms with Crippen molar-refractivity contribution in [2.75, 3.05) is 12.0 Å². The molecule has 1 rings (SSSR count). The van der Waals surface area contributed by atoms with E-state index in [4.69, 9.17) is 0 Å². The summed E-state index contributed by atoms with van der Waals surface area (Å²) >= 11 is 1.54. The molecule has 0 saturated heterocycles. The van der Waals surface area contributed by atoms with Crippen molar-refractivity contribution in [2.45, 2.75) is 90.4 Å². The SMILES string of the molecule is CCCC[C@H](NC(=O)[C@H](CCSC)NC(C)=O)C(=O)N[C@@H](CC(C)C)C(=O)N[C@@H](Cc1ccccc1)C(=O)O. The molecule has 4 amide bonds. The third kappa shape index (κ3) is 13.5. The van der Waals surface area contributed by atoms with E-state index in [1.165, 1.54) is 6.92 Å². The second-order valence-electron chi connectivity index (χ2n) is 10.0. The van der Waals surface area contributed by atoms with Crippen molar-refractivity contribution in [3.63, 3.8) is 0 Å². The number of amides is 4. The van der Waals surface area contributed by atoms with E-state index >= 15 is 0 Å². The highest BCUT2D eigenvalue weighted by Gasteiger charge is 2.31. The first-order chi connectivity index (χ1) is 18.5. The maximum atomic E-state index is 13.3. The number of benzene rings is 1. The second-order valence-corrected chi connectivity index (χ2v) is 11.0. The van der Waals surface area contributed by atoms with E-state index in [2.05, 4.69) is 21.3 Å². The van der Waals surface area contributed by atoms with Crippen LogP contribution in [-0.2, 0) is 30.4 Å². The average Bonchev–Trinajstić information content (AvgIpc) is 2.87. The zero-order valence-electron chi connectivity index (χ0n) is 23.6. The number of carbonyl (C=O) groups is 5. The lowest BCUT2D eigenvalue weighted by atomic mass is 10.0. The van der Waals surface area contributed by atoms with Crippen molar-refractivity contribution in [3.05, 3.63) is 35.9 Å². The monoisotopic (exact) mass is 564 g/mol. The number of aliphatic carboxylic acids is 1. The molecule has 0 radical (unpaired) electrons. The molecule has 10 nitrogen and oxygen atoms in total. The Morgan fingerprint density at radius 2 is 1.36 bits per heavy atom. The molecule has 0 saturated carbocycles. The predicted molar refractivity (Wildman–Crippen MR) is 153 cm³/mol. The minimum atomic E-state index is -1.18. The van der Waals surface area contributed by atoms with Gasteiger partial charge in [-0.25, -0.2) is 4.79 Å². The van der Waals surface area contributed by atoms with Gasteiger partial charge in [0.2, 0.25) is 23.6 Å². The van der Waals surface area contributed by atoms with E-state index in [0.717, 1.165) is 12.0 Å². The Morgan fingerprint density at radius 3 is 1.87 bits per heavy atom. The molecule has 0 bridgehead atoms. The summed E-state index contributed by atoms with van der Waals surface area (Å²) in [6.45, 7) is 7.08. The molecule has 39 heavy (non-hydrogen) atoms. The van der Waals surface area contributed by atoms with Crippen molar-refractivity contribution < 1.29 is 29.1 Å². The van der Waals surface area contributed by atoms with Crippen LogP contribution in [0.15, 0.2) is 30.3 Å². The summed E-state index contributed by atoms with van der Waals surface area (Å²) in [4.78, 5) is 63.0. The average molecular weight is 565 g/mol. The quantitative estimate of drug-likeness (QED) is 0.183. The normalized spacial score (nSPS) is 14.0. The number of hydrogen-bond acceptors (Lipinski definition) is 6. The van der Waals surface area contributed by atoms with Crippen molar-refractivity contribution in [3.8, 4) is 0 Å². The van der Waals surface area contributed by atoms with Crippen LogP contribution in [0.5, 0.6) is 0 Å². The smallest absolute Gasteiger partial charge is 0.326 e. The Labute approximate surface area is 235 Å². The molecule has 0 aliphatic rings. The maximum Gasteiger partial charge on any atom is 0.326 e. The summed E-state index contributed by atoms with van der Waals surface area (Å²) in [6.07, 6.45) is 4.49. The van der Waals surface area contributed by atoms with E-state index in [1.54, 1.807) is 36.0 Å². The number of unbranched alkanes of at least 4 members (excludes halogenated alkanes) is 1. The van der Waals surface area contributed by atoms with Crippen LogP contribution in [-0.4, -0.2) is 70.9 Å². The number of rotatable bonds is 18. The van der Waals surface area contributed by atoms with Crippen molar-refractivity contribution in [1.82, 2.24) is 21.3 Å². The van der Waals surface area contributed by atoms with Gasteiger partial charge < -0.3 is 26.4 Å². The van der Waals surface area contributed by atoms with Crippen LogP contribution < -0.4 is 21.3 Å². The minimum absolute atomic E-state index is 0.0258. The third-order valence-electron chi connectivity index (χ3n) is 6.02. The van der Waals surface area contributed by atoms with Crippen LogP contribution in [0.2, 0.25) is 0 Å². The van der Waals surface area contributed by atoms with Gasteiger partial charge in [0.05, 0.1) is 0 Å². The van der Waals surface area contributed by atoms with Gasteiger partial charge in [-0.1, -0.05) is 63.9 Å². The molecule has 1 aromatic rings. The fourth-order valence-corrected chi connectivity index (χ4v) is 4.47. The minimum Gasteiger partial charge on any atom is -0.480 e. The van der Waals surface area contributed by atoms with Gasteiger partial charge in [-0.05, 0) is 42.8 Å². The Balaban J connectivity index is 3.04. The third-order valence-corrected chi connectivity index (χ3v) is 6.67. The summed E-state index contributed by atoms with van der Waals surface area (Å²) in [5.41, 5.74) is 0.757. The van der Waals surface area contributed by atoms with E-state index in [-0.39, 0.29) is 24.7 Å². The Hall–Kier alpha value is -3.08. The number of carbonyl (C=O) groups excluding carboxylic acids is 4. The van der Waals surface area contributed by atoms with Crippen LogP contribution in [0.3, 0.4) is 0 Å². The first-order valence-electron chi connectivity index (χ1n) is 13.4. The van der Waals surface area contributed by atoms with Crippen LogP contribution in [0.1, 0.15) is 65.4 Å². The predicted octanol–water partition coefficient (Wildman–Crippen LogP) is 2.26. The molecule has 4 atom stereocenters. The Kier molecular flexibility index (Phi) is 15.9. The summed E-state index contributed by atoms with van der Waals surface area (Å²) in [5.74, 6) is -2.44. The van der Waals surface area contributed by atoms with Crippen LogP contribution in [0.4, 0.5) is 0 Å². The van der Waals surface area contributed by atoms with E-state index in [1.807, 2.05) is 33.1 Å². The van der Waals surface area contributed by atoms with Gasteiger partial charge in [-0.2, -0.15) is 11.8 Å². The molecule has 0 aliphatic carbocycles. The van der Waals surface area contributed by atoms with Crippen LogP contribution >= 0.6 is 11.8 Å². The molecule has 0 spiro atoms. The van der Waals surface area contributed by atoms with Gasteiger partial charge >= 0.3 is 5.97 Å². The van der Waals surface area contributed by atoms with Gasteiger partial charge in [-0.3, -0.25) is 19.2 Å². The molecular weight excluding hydrogens is 520 g/mol. The maximum absolute atomic E-state index is 13.3. The van der Waals surface area contributed by atoms with E-state index in [9.17, 15) is 29.1 Å². The molecule has 5 N–H and O–H groups in total. The van der Waals surface area contributed by atoms with E-state index in [0.29, 0.717) is 25.0 Å². The van der Waals surface area contributed by atoms with Crippen molar-refractivity contribution in [1.29, 1.82) is 0 Å². The zero-order valence-corrected chi connectivity index (χ0v) is 24.4. The molecule has 0 aromatic heterocycles. The van der Waals surface area contributed by atoms with Gasteiger partial charge in [-0.15, -0.1) is 0 Å². The first-order valence-corrected chi connectivity index (χ1v) is 14.8. The zero-order chi connectivity index (χ0) is 29.4. The lowest BCUT2D eigenvalue weighted by molar-refractivity contribution is -0.142. The molecule has 0 aliphatic heterocycles. The van der Waals surface area contributed by atoms with Gasteiger partial charge in [0.1, 0.15) is 24.2 Å². The van der Waals surface area contributed by atoms with Crippen LogP contribution in [0, 0.1) is 5.92 Å². The highest BCUT2D eigenvalue weighted by molar-refractivity contribution is 7.98. The highest BCUT2D eigenvalue weighted by Crippen LogP contribution is 2.10. The summed E-state index contributed by atoms with van der Waals surface area (Å²) in [6, 6.07) is 5.12. The van der Waals surface area contributed by atoms with Gasteiger partial charge in [0.15, 0.2) is 0 Å². The topological polar surface area (TPSA) is 154 Å². The number of carboxylic acid groups (broad SMARTS) is 1. The van der Waals surface area contributed by atoms with Gasteiger partial charge in [0.25, 0.3) is 0 Å². The molecule has 218 valence electrons. The first kappa shape index (κ1) is 33.9. The molecular formula is C28H44N4O6S. The number of thioether (sulfide) groups is 1. The fourth-order valence-electron chi connectivity index (χ4n) is 4.00.